The molecule has 0 aromatic carbocycles. The van der Waals surface area contributed by atoms with Crippen molar-refractivity contribution in [1.82, 2.24) is 4.90 Å². The number of carboxylic acids is 1. The highest BCUT2D eigenvalue weighted by Crippen LogP contribution is 2.50. The Bertz CT molecular complexity index is 255. The van der Waals surface area contributed by atoms with E-state index in [9.17, 15) is 4.79 Å². The minimum Gasteiger partial charge on any atom is -0.481 e. The normalized spacial score (nSPS) is 23.9. The summed E-state index contributed by atoms with van der Waals surface area (Å²) >= 11 is 0. The largest absolute Gasteiger partial charge is 0.481 e. The van der Waals surface area contributed by atoms with Crippen LogP contribution in [-0.4, -0.2) is 35.1 Å². The van der Waals surface area contributed by atoms with Gasteiger partial charge in [-0.15, -0.1) is 0 Å². The zero-order valence-corrected chi connectivity index (χ0v) is 10.2. The number of hydrogen-bond donors (Lipinski definition) is 1. The molecule has 0 atom stereocenters. The fourth-order valence-electron chi connectivity index (χ4n) is 3.09. The standard InChI is InChI=1S/C13H23NO2/c1-2-14(11-5-3-4-6-11)10-13(7-8-13)9-12(15)16/h11H,2-10H2,1H3,(H,15,16). The van der Waals surface area contributed by atoms with Crippen LogP contribution in [-0.2, 0) is 4.79 Å². The molecule has 2 aliphatic rings. The van der Waals surface area contributed by atoms with Crippen LogP contribution in [0.5, 0.6) is 0 Å². The molecule has 3 heteroatoms. The summed E-state index contributed by atoms with van der Waals surface area (Å²) in [5.41, 5.74) is 0.129. The highest BCUT2D eigenvalue weighted by molar-refractivity contribution is 5.68. The van der Waals surface area contributed by atoms with Crippen molar-refractivity contribution in [2.24, 2.45) is 5.41 Å². The molecule has 0 heterocycles. The predicted octanol–water partition coefficient (Wildman–Crippen LogP) is 2.51. The number of carbonyl (C=O) groups is 1. The zero-order valence-electron chi connectivity index (χ0n) is 10.2. The second kappa shape index (κ2) is 4.74. The van der Waals surface area contributed by atoms with Gasteiger partial charge in [-0.25, -0.2) is 0 Å². The van der Waals surface area contributed by atoms with E-state index in [2.05, 4.69) is 11.8 Å². The molecule has 0 saturated heterocycles. The molecule has 0 aliphatic heterocycles. The molecule has 0 aromatic rings. The zero-order chi connectivity index (χ0) is 11.6. The first-order valence-electron chi connectivity index (χ1n) is 6.61. The van der Waals surface area contributed by atoms with E-state index in [1.54, 1.807) is 0 Å². The molecule has 2 rings (SSSR count). The Labute approximate surface area is 97.8 Å². The molecule has 92 valence electrons. The molecular weight excluding hydrogens is 202 g/mol. The van der Waals surface area contributed by atoms with Crippen LogP contribution in [0, 0.1) is 5.41 Å². The van der Waals surface area contributed by atoms with Crippen LogP contribution in [0.15, 0.2) is 0 Å². The lowest BCUT2D eigenvalue weighted by atomic mass is 10.0. The fraction of sp³-hybridized carbons (Fsp3) is 0.923. The second-order valence-electron chi connectivity index (χ2n) is 5.57. The Morgan fingerprint density at radius 2 is 2.00 bits per heavy atom. The predicted molar refractivity (Wildman–Crippen MR) is 63.4 cm³/mol. The SMILES string of the molecule is CCN(CC1(CC(=O)O)CC1)C1CCCC1. The van der Waals surface area contributed by atoms with E-state index in [4.69, 9.17) is 5.11 Å². The molecule has 0 amide bonds. The Hall–Kier alpha value is -0.570. The van der Waals surface area contributed by atoms with Crippen molar-refractivity contribution < 1.29 is 9.90 Å². The molecule has 2 saturated carbocycles. The number of hydrogen-bond acceptors (Lipinski definition) is 2. The lowest BCUT2D eigenvalue weighted by Gasteiger charge is -2.31. The van der Waals surface area contributed by atoms with Gasteiger partial charge in [-0.2, -0.15) is 0 Å². The van der Waals surface area contributed by atoms with Gasteiger partial charge in [0.2, 0.25) is 0 Å². The van der Waals surface area contributed by atoms with Crippen LogP contribution in [0.25, 0.3) is 0 Å². The van der Waals surface area contributed by atoms with E-state index in [0.29, 0.717) is 6.42 Å². The van der Waals surface area contributed by atoms with Crippen molar-refractivity contribution >= 4 is 5.97 Å². The Morgan fingerprint density at radius 3 is 2.44 bits per heavy atom. The van der Waals surface area contributed by atoms with Crippen LogP contribution in [0.2, 0.25) is 0 Å². The molecule has 0 spiro atoms. The molecule has 1 N–H and O–H groups in total. The third-order valence-electron chi connectivity index (χ3n) is 4.27. The minimum absolute atomic E-state index is 0.129. The lowest BCUT2D eigenvalue weighted by molar-refractivity contribution is -0.138. The first kappa shape index (κ1) is 11.9. The maximum absolute atomic E-state index is 10.8. The quantitative estimate of drug-likeness (QED) is 0.755. The van der Waals surface area contributed by atoms with Gasteiger partial charge in [-0.1, -0.05) is 19.8 Å². The molecule has 0 radical (unpaired) electrons. The molecule has 3 nitrogen and oxygen atoms in total. The van der Waals surface area contributed by atoms with E-state index < -0.39 is 5.97 Å². The number of aliphatic carboxylic acids is 1. The van der Waals surface area contributed by atoms with Gasteiger partial charge in [-0.05, 0) is 37.6 Å². The van der Waals surface area contributed by atoms with Gasteiger partial charge >= 0.3 is 5.97 Å². The average Bonchev–Trinajstić information content (AvgIpc) is 2.80. The molecule has 2 fully saturated rings. The topological polar surface area (TPSA) is 40.5 Å². The highest BCUT2D eigenvalue weighted by Gasteiger charge is 2.46. The van der Waals surface area contributed by atoms with Crippen molar-refractivity contribution in [1.29, 1.82) is 0 Å². The molecular formula is C13H23NO2. The summed E-state index contributed by atoms with van der Waals surface area (Å²) in [7, 11) is 0. The van der Waals surface area contributed by atoms with Gasteiger partial charge < -0.3 is 10.0 Å². The maximum Gasteiger partial charge on any atom is 0.303 e. The molecule has 0 bridgehead atoms. The van der Waals surface area contributed by atoms with Crippen molar-refractivity contribution in [3.05, 3.63) is 0 Å². The van der Waals surface area contributed by atoms with Gasteiger partial charge in [0.25, 0.3) is 0 Å². The highest BCUT2D eigenvalue weighted by atomic mass is 16.4. The Balaban J connectivity index is 1.88. The third-order valence-corrected chi connectivity index (χ3v) is 4.27. The van der Waals surface area contributed by atoms with Gasteiger partial charge in [-0.3, -0.25) is 4.79 Å². The molecule has 0 aromatic heterocycles. The average molecular weight is 225 g/mol. The monoisotopic (exact) mass is 225 g/mol. The lowest BCUT2D eigenvalue weighted by Crippen LogP contribution is -2.38. The number of rotatable bonds is 6. The van der Waals surface area contributed by atoms with Crippen LogP contribution < -0.4 is 0 Å². The van der Waals surface area contributed by atoms with Crippen LogP contribution in [0.4, 0.5) is 0 Å². The Morgan fingerprint density at radius 1 is 1.38 bits per heavy atom. The van der Waals surface area contributed by atoms with E-state index in [0.717, 1.165) is 32.0 Å². The van der Waals surface area contributed by atoms with Crippen LogP contribution in [0.1, 0.15) is 51.9 Å². The van der Waals surface area contributed by atoms with Crippen LogP contribution in [0.3, 0.4) is 0 Å². The van der Waals surface area contributed by atoms with E-state index in [-0.39, 0.29) is 5.41 Å². The summed E-state index contributed by atoms with van der Waals surface area (Å²) < 4.78 is 0. The van der Waals surface area contributed by atoms with Crippen LogP contribution >= 0.6 is 0 Å². The molecule has 0 unspecified atom stereocenters. The van der Waals surface area contributed by atoms with Crippen molar-refractivity contribution in [3.63, 3.8) is 0 Å². The summed E-state index contributed by atoms with van der Waals surface area (Å²) in [5, 5.41) is 8.92. The van der Waals surface area contributed by atoms with Gasteiger partial charge in [0, 0.05) is 12.6 Å². The number of carboxylic acid groups (broad SMARTS) is 1. The van der Waals surface area contributed by atoms with E-state index in [1.165, 1.54) is 25.7 Å². The summed E-state index contributed by atoms with van der Waals surface area (Å²) in [6.45, 7) is 4.29. The first-order chi connectivity index (χ1) is 7.65. The Kier molecular flexibility index (Phi) is 3.53. The van der Waals surface area contributed by atoms with Crippen molar-refractivity contribution in [3.8, 4) is 0 Å². The summed E-state index contributed by atoms with van der Waals surface area (Å²) in [5.74, 6) is -0.625. The number of nitrogens with zero attached hydrogens (tertiary/aromatic N) is 1. The summed E-state index contributed by atoms with van der Waals surface area (Å²) in [4.78, 5) is 13.4. The van der Waals surface area contributed by atoms with E-state index in [1.807, 2.05) is 0 Å². The van der Waals surface area contributed by atoms with E-state index >= 15 is 0 Å². The van der Waals surface area contributed by atoms with Gasteiger partial charge in [0.1, 0.15) is 0 Å². The van der Waals surface area contributed by atoms with Crippen molar-refractivity contribution in [2.75, 3.05) is 13.1 Å². The third kappa shape index (κ3) is 2.76. The second-order valence-corrected chi connectivity index (χ2v) is 5.57. The van der Waals surface area contributed by atoms with Gasteiger partial charge in [0.15, 0.2) is 0 Å². The summed E-state index contributed by atoms with van der Waals surface area (Å²) in [6.07, 6.45) is 7.94. The van der Waals surface area contributed by atoms with Crippen molar-refractivity contribution in [2.45, 2.75) is 57.9 Å². The van der Waals surface area contributed by atoms with Gasteiger partial charge in [0.05, 0.1) is 6.42 Å². The fourth-order valence-corrected chi connectivity index (χ4v) is 3.09. The smallest absolute Gasteiger partial charge is 0.303 e. The summed E-state index contributed by atoms with van der Waals surface area (Å²) in [6, 6.07) is 0.733. The maximum atomic E-state index is 10.8. The molecule has 2 aliphatic carbocycles. The minimum atomic E-state index is -0.625. The molecule has 16 heavy (non-hydrogen) atoms. The first-order valence-corrected chi connectivity index (χ1v) is 6.61.